The maximum absolute atomic E-state index is 12.5. The first-order valence-corrected chi connectivity index (χ1v) is 10.3. The lowest BCUT2D eigenvalue weighted by atomic mass is 10.1. The Labute approximate surface area is 171 Å². The number of rotatable bonds is 6. The Morgan fingerprint density at radius 3 is 2.62 bits per heavy atom. The molecule has 0 saturated carbocycles. The number of amides is 1. The molecule has 2 aromatic carbocycles. The van der Waals surface area contributed by atoms with Crippen LogP contribution in [0.4, 0.5) is 11.4 Å². The predicted octanol–water partition coefficient (Wildman–Crippen LogP) is 5.21. The number of para-hydroxylation sites is 2. The van der Waals surface area contributed by atoms with Crippen molar-refractivity contribution in [2.24, 2.45) is 0 Å². The number of hydrogen-bond donors (Lipinski definition) is 1. The molecule has 1 aliphatic heterocycles. The lowest BCUT2D eigenvalue weighted by Crippen LogP contribution is -2.30. The van der Waals surface area contributed by atoms with Crippen LogP contribution in [0.25, 0.3) is 11.3 Å². The molecule has 0 unspecified atom stereocenters. The molecule has 0 atom stereocenters. The number of aryl methyl sites for hydroxylation is 2. The topological polar surface area (TPSA) is 58.4 Å². The van der Waals surface area contributed by atoms with E-state index in [0.717, 1.165) is 35.8 Å². The maximum Gasteiger partial charge on any atom is 0.224 e. The highest BCUT2D eigenvalue weighted by molar-refractivity contribution is 5.94. The number of oxazole rings is 1. The van der Waals surface area contributed by atoms with Crippen molar-refractivity contribution in [3.8, 4) is 11.3 Å². The standard InChI is InChI=1S/C24H27N3O2/c1-18-9-11-19(12-10-18)22-17-25-24(29-22)14-13-23(28)26-20-7-3-4-8-21(20)27-15-5-2-6-16-27/h3-4,7-12,17H,2,5-6,13-16H2,1H3,(H,26,28). The first-order chi connectivity index (χ1) is 14.2. The Kier molecular flexibility index (Phi) is 5.94. The lowest BCUT2D eigenvalue weighted by Gasteiger charge is -2.30. The van der Waals surface area contributed by atoms with E-state index in [1.165, 1.54) is 24.8 Å². The van der Waals surface area contributed by atoms with Gasteiger partial charge in [-0.25, -0.2) is 4.98 Å². The summed E-state index contributed by atoms with van der Waals surface area (Å²) in [6, 6.07) is 16.2. The number of carbonyl (C=O) groups excluding carboxylic acids is 1. The van der Waals surface area contributed by atoms with Gasteiger partial charge in [0, 0.05) is 31.5 Å². The Bertz CT molecular complexity index is 956. The van der Waals surface area contributed by atoms with Crippen molar-refractivity contribution in [2.75, 3.05) is 23.3 Å². The Morgan fingerprint density at radius 1 is 1.07 bits per heavy atom. The van der Waals surface area contributed by atoms with Gasteiger partial charge in [0.15, 0.2) is 11.7 Å². The summed E-state index contributed by atoms with van der Waals surface area (Å²) in [5.74, 6) is 1.29. The molecule has 0 aliphatic carbocycles. The normalized spacial score (nSPS) is 14.0. The number of carbonyl (C=O) groups is 1. The number of benzene rings is 2. The van der Waals surface area contributed by atoms with Crippen LogP contribution in [0.1, 0.15) is 37.1 Å². The molecule has 0 radical (unpaired) electrons. The molecule has 2 heterocycles. The van der Waals surface area contributed by atoms with Crippen LogP contribution in [-0.2, 0) is 11.2 Å². The van der Waals surface area contributed by atoms with Gasteiger partial charge in [-0.3, -0.25) is 4.79 Å². The van der Waals surface area contributed by atoms with Crippen molar-refractivity contribution in [3.63, 3.8) is 0 Å². The van der Waals surface area contributed by atoms with Gasteiger partial charge < -0.3 is 14.6 Å². The molecule has 1 N–H and O–H groups in total. The minimum Gasteiger partial charge on any atom is -0.441 e. The lowest BCUT2D eigenvalue weighted by molar-refractivity contribution is -0.116. The second-order valence-corrected chi connectivity index (χ2v) is 7.60. The molecule has 0 spiro atoms. The van der Waals surface area contributed by atoms with Gasteiger partial charge >= 0.3 is 0 Å². The van der Waals surface area contributed by atoms with Crippen LogP contribution in [0.5, 0.6) is 0 Å². The quantitative estimate of drug-likeness (QED) is 0.629. The van der Waals surface area contributed by atoms with Crippen LogP contribution in [0.2, 0.25) is 0 Å². The average molecular weight is 389 g/mol. The highest BCUT2D eigenvalue weighted by Gasteiger charge is 2.16. The Balaban J connectivity index is 1.36. The number of nitrogens with zero attached hydrogens (tertiary/aromatic N) is 2. The van der Waals surface area contributed by atoms with E-state index in [9.17, 15) is 4.79 Å². The van der Waals surface area contributed by atoms with Crippen LogP contribution in [-0.4, -0.2) is 24.0 Å². The monoisotopic (exact) mass is 389 g/mol. The first kappa shape index (κ1) is 19.2. The largest absolute Gasteiger partial charge is 0.441 e. The van der Waals surface area contributed by atoms with Crippen LogP contribution in [0.15, 0.2) is 59.1 Å². The van der Waals surface area contributed by atoms with Crippen molar-refractivity contribution in [2.45, 2.75) is 39.0 Å². The van der Waals surface area contributed by atoms with Gasteiger partial charge in [0.2, 0.25) is 5.91 Å². The maximum atomic E-state index is 12.5. The van der Waals surface area contributed by atoms with E-state index in [0.29, 0.717) is 18.7 Å². The molecule has 5 heteroatoms. The van der Waals surface area contributed by atoms with E-state index in [1.807, 2.05) is 42.5 Å². The fraction of sp³-hybridized carbons (Fsp3) is 0.333. The van der Waals surface area contributed by atoms with Gasteiger partial charge in [0.1, 0.15) is 0 Å². The van der Waals surface area contributed by atoms with E-state index in [2.05, 4.69) is 28.2 Å². The molecular weight excluding hydrogens is 362 g/mol. The van der Waals surface area contributed by atoms with Gasteiger partial charge in [0.25, 0.3) is 0 Å². The zero-order valence-corrected chi connectivity index (χ0v) is 16.9. The number of piperidine rings is 1. The van der Waals surface area contributed by atoms with Crippen molar-refractivity contribution < 1.29 is 9.21 Å². The minimum absolute atomic E-state index is 0.0236. The van der Waals surface area contributed by atoms with Gasteiger partial charge in [-0.05, 0) is 38.3 Å². The fourth-order valence-electron chi connectivity index (χ4n) is 3.70. The number of anilines is 2. The molecule has 1 aromatic heterocycles. The zero-order chi connectivity index (χ0) is 20.1. The van der Waals surface area contributed by atoms with Crippen LogP contribution < -0.4 is 10.2 Å². The molecule has 1 aliphatic rings. The van der Waals surface area contributed by atoms with Crippen molar-refractivity contribution >= 4 is 17.3 Å². The average Bonchev–Trinajstić information content (AvgIpc) is 3.23. The fourth-order valence-corrected chi connectivity index (χ4v) is 3.70. The van der Waals surface area contributed by atoms with E-state index >= 15 is 0 Å². The number of nitrogens with one attached hydrogen (secondary N) is 1. The molecule has 0 bridgehead atoms. The third kappa shape index (κ3) is 4.86. The molecule has 1 fully saturated rings. The summed E-state index contributed by atoms with van der Waals surface area (Å²) < 4.78 is 5.83. The highest BCUT2D eigenvalue weighted by Crippen LogP contribution is 2.28. The van der Waals surface area contributed by atoms with Gasteiger partial charge in [-0.15, -0.1) is 0 Å². The van der Waals surface area contributed by atoms with E-state index in [4.69, 9.17) is 4.42 Å². The van der Waals surface area contributed by atoms with Crippen LogP contribution in [0.3, 0.4) is 0 Å². The molecular formula is C24H27N3O2. The zero-order valence-electron chi connectivity index (χ0n) is 16.9. The van der Waals surface area contributed by atoms with E-state index in [1.54, 1.807) is 6.20 Å². The highest BCUT2D eigenvalue weighted by atomic mass is 16.4. The predicted molar refractivity (Wildman–Crippen MR) is 116 cm³/mol. The SMILES string of the molecule is Cc1ccc(-c2cnc(CCC(=O)Nc3ccccc3N3CCCCC3)o2)cc1. The van der Waals surface area contributed by atoms with Gasteiger partial charge in [-0.1, -0.05) is 42.0 Å². The summed E-state index contributed by atoms with van der Waals surface area (Å²) in [6.45, 7) is 4.15. The Hall–Kier alpha value is -3.08. The number of aromatic nitrogens is 1. The molecule has 150 valence electrons. The third-order valence-electron chi connectivity index (χ3n) is 5.33. The Morgan fingerprint density at radius 2 is 1.83 bits per heavy atom. The molecule has 1 amide bonds. The van der Waals surface area contributed by atoms with E-state index < -0.39 is 0 Å². The smallest absolute Gasteiger partial charge is 0.224 e. The number of hydrogen-bond acceptors (Lipinski definition) is 4. The third-order valence-corrected chi connectivity index (χ3v) is 5.33. The van der Waals surface area contributed by atoms with E-state index in [-0.39, 0.29) is 5.91 Å². The molecule has 5 nitrogen and oxygen atoms in total. The van der Waals surface area contributed by atoms with Gasteiger partial charge in [0.05, 0.1) is 17.6 Å². The second-order valence-electron chi connectivity index (χ2n) is 7.60. The second kappa shape index (κ2) is 8.95. The van der Waals surface area contributed by atoms with Crippen molar-refractivity contribution in [1.82, 2.24) is 4.98 Å². The molecule has 3 aromatic rings. The summed E-state index contributed by atoms with van der Waals surface area (Å²) >= 11 is 0. The van der Waals surface area contributed by atoms with Crippen molar-refractivity contribution in [3.05, 3.63) is 66.2 Å². The summed E-state index contributed by atoms with van der Waals surface area (Å²) in [6.07, 6.45) is 6.23. The molecule has 4 rings (SSSR count). The molecule has 29 heavy (non-hydrogen) atoms. The summed E-state index contributed by atoms with van der Waals surface area (Å²) in [5, 5.41) is 3.07. The van der Waals surface area contributed by atoms with Gasteiger partial charge in [-0.2, -0.15) is 0 Å². The minimum atomic E-state index is -0.0236. The summed E-state index contributed by atoms with van der Waals surface area (Å²) in [7, 11) is 0. The summed E-state index contributed by atoms with van der Waals surface area (Å²) in [5.41, 5.74) is 4.19. The van der Waals surface area contributed by atoms with Crippen LogP contribution >= 0.6 is 0 Å². The summed E-state index contributed by atoms with van der Waals surface area (Å²) in [4.78, 5) is 19.2. The first-order valence-electron chi connectivity index (χ1n) is 10.3. The van der Waals surface area contributed by atoms with Crippen LogP contribution in [0, 0.1) is 6.92 Å². The van der Waals surface area contributed by atoms with Crippen molar-refractivity contribution in [1.29, 1.82) is 0 Å². The molecule has 1 saturated heterocycles.